The molecule has 6 rings (SSSR count). The summed E-state index contributed by atoms with van der Waals surface area (Å²) in [6.45, 7) is 9.40. The summed E-state index contributed by atoms with van der Waals surface area (Å²) in [4.78, 5) is 7.73. The molecule has 182 valence electrons. The first-order valence-corrected chi connectivity index (χ1v) is 11.9. The summed E-state index contributed by atoms with van der Waals surface area (Å²) in [5.74, 6) is 0.0291. The van der Waals surface area contributed by atoms with Gasteiger partial charge in [0.1, 0.15) is 11.2 Å². The van der Waals surface area contributed by atoms with Gasteiger partial charge in [0.15, 0.2) is 5.69 Å². The number of hydrogen-bond donors (Lipinski definition) is 3. The van der Waals surface area contributed by atoms with Crippen LogP contribution in [0.5, 0.6) is 17.6 Å². The summed E-state index contributed by atoms with van der Waals surface area (Å²) < 4.78 is 13.5. The molecule has 0 spiro atoms. The average Bonchev–Trinajstić information content (AvgIpc) is 3.41. The first kappa shape index (κ1) is 22.7. The summed E-state index contributed by atoms with van der Waals surface area (Å²) in [7, 11) is 0. The molecule has 2 bridgehead atoms. The smallest absolute Gasteiger partial charge is 0.213 e. The second kappa shape index (κ2) is 7.87. The van der Waals surface area contributed by atoms with Crippen molar-refractivity contribution in [1.29, 1.82) is 0 Å². The lowest BCUT2D eigenvalue weighted by atomic mass is 9.76. The van der Waals surface area contributed by atoms with E-state index in [9.17, 15) is 15.3 Å². The van der Waals surface area contributed by atoms with Gasteiger partial charge in [-0.1, -0.05) is 41.9 Å². The maximum absolute atomic E-state index is 11.5. The van der Waals surface area contributed by atoms with Gasteiger partial charge in [-0.2, -0.15) is 0 Å². The summed E-state index contributed by atoms with van der Waals surface area (Å²) in [6, 6.07) is 14.1. The molecule has 2 aliphatic heterocycles. The molecule has 36 heavy (non-hydrogen) atoms. The van der Waals surface area contributed by atoms with Crippen molar-refractivity contribution >= 4 is 28.1 Å². The van der Waals surface area contributed by atoms with Crippen LogP contribution < -0.4 is 4.74 Å². The Labute approximate surface area is 211 Å². The number of aliphatic hydroxyl groups is 1. The Balaban J connectivity index is 1.45. The topological polar surface area (TPSA) is 101 Å². The zero-order valence-corrected chi connectivity index (χ0v) is 20.0. The Morgan fingerprint density at radius 3 is 2.61 bits per heavy atom. The van der Waals surface area contributed by atoms with E-state index < -0.39 is 17.3 Å². The molecule has 2 aromatic heterocycles. The molecule has 0 saturated carbocycles. The Morgan fingerprint density at radius 2 is 1.89 bits per heavy atom. The Hall–Kier alpha value is -3.77. The maximum Gasteiger partial charge on any atom is 0.213 e. The van der Waals surface area contributed by atoms with Gasteiger partial charge in [0.25, 0.3) is 0 Å². The third-order valence-electron chi connectivity index (χ3n) is 7.33. The molecule has 3 unspecified atom stereocenters. The van der Waals surface area contributed by atoms with Crippen molar-refractivity contribution in [2.75, 3.05) is 6.61 Å². The molecule has 3 atom stereocenters. The SMILES string of the molecule is [C-]#[N+]c1ccc(-n2c(O)c3c(c2O)C2(C)OC3(CCOc3ccc(Cl)cn3)CC2O)c2ccccc12. The van der Waals surface area contributed by atoms with Crippen molar-refractivity contribution in [3.63, 3.8) is 0 Å². The lowest BCUT2D eigenvalue weighted by Gasteiger charge is -2.26. The van der Waals surface area contributed by atoms with E-state index in [1.807, 2.05) is 24.3 Å². The molecule has 0 radical (unpaired) electrons. The van der Waals surface area contributed by atoms with Crippen molar-refractivity contribution in [2.24, 2.45) is 0 Å². The summed E-state index contributed by atoms with van der Waals surface area (Å²) in [5.41, 5.74) is -0.456. The van der Waals surface area contributed by atoms with E-state index in [-0.39, 0.29) is 24.8 Å². The third-order valence-corrected chi connectivity index (χ3v) is 7.56. The van der Waals surface area contributed by atoms with Gasteiger partial charge in [-0.15, -0.1) is 0 Å². The van der Waals surface area contributed by atoms with Gasteiger partial charge >= 0.3 is 0 Å². The third kappa shape index (κ3) is 3.04. The highest BCUT2D eigenvalue weighted by Gasteiger charge is 2.66. The van der Waals surface area contributed by atoms with Crippen molar-refractivity contribution in [3.05, 3.63) is 82.3 Å². The number of hydrogen-bond acceptors (Lipinski definition) is 6. The van der Waals surface area contributed by atoms with Gasteiger partial charge in [-0.05, 0) is 29.8 Å². The number of ether oxygens (including phenoxy) is 2. The van der Waals surface area contributed by atoms with Crippen molar-refractivity contribution in [2.45, 2.75) is 37.1 Å². The van der Waals surface area contributed by atoms with Gasteiger partial charge in [0.05, 0.1) is 41.1 Å². The van der Waals surface area contributed by atoms with E-state index in [4.69, 9.17) is 27.6 Å². The van der Waals surface area contributed by atoms with Crippen LogP contribution in [0.4, 0.5) is 5.69 Å². The number of aliphatic hydroxyl groups excluding tert-OH is 1. The van der Waals surface area contributed by atoms with Crippen LogP contribution >= 0.6 is 11.6 Å². The minimum atomic E-state index is -1.20. The standard InChI is InChI=1S/C27H22ClN3O5/c1-26-20(32)13-27(36-26,11-12-35-21-10-7-15(28)14-30-21)23-22(26)24(33)31(25(23)34)19-9-8-18(29-2)16-5-3-4-6-17(16)19/h3-10,14,20,32-34H,11-13H2,1H3. The lowest BCUT2D eigenvalue weighted by Crippen LogP contribution is -2.33. The second-order valence-corrected chi connectivity index (χ2v) is 9.77. The fourth-order valence-electron chi connectivity index (χ4n) is 5.68. The van der Waals surface area contributed by atoms with Crippen LogP contribution in [0.2, 0.25) is 5.02 Å². The molecule has 3 N–H and O–H groups in total. The average molecular weight is 504 g/mol. The van der Waals surface area contributed by atoms with E-state index in [1.54, 1.807) is 31.2 Å². The minimum Gasteiger partial charge on any atom is -0.494 e. The van der Waals surface area contributed by atoms with Crippen LogP contribution in [0.3, 0.4) is 0 Å². The van der Waals surface area contributed by atoms with Gasteiger partial charge in [0.2, 0.25) is 17.6 Å². The molecule has 1 fully saturated rings. The van der Waals surface area contributed by atoms with E-state index in [0.29, 0.717) is 50.6 Å². The fourth-order valence-corrected chi connectivity index (χ4v) is 5.79. The molecule has 0 amide bonds. The molecular weight excluding hydrogens is 482 g/mol. The van der Waals surface area contributed by atoms with E-state index in [1.165, 1.54) is 10.8 Å². The van der Waals surface area contributed by atoms with E-state index in [2.05, 4.69) is 9.83 Å². The fraction of sp³-hybridized carbons (Fsp3) is 0.259. The highest BCUT2D eigenvalue weighted by Crippen LogP contribution is 2.65. The molecule has 8 nitrogen and oxygen atoms in total. The molecule has 2 aromatic carbocycles. The van der Waals surface area contributed by atoms with Gasteiger partial charge < -0.3 is 24.8 Å². The Bertz CT molecular complexity index is 1560. The highest BCUT2D eigenvalue weighted by molar-refractivity contribution is 6.30. The van der Waals surface area contributed by atoms with Gasteiger partial charge in [-0.25, -0.2) is 9.83 Å². The normalized spacial score (nSPS) is 24.1. The van der Waals surface area contributed by atoms with Crippen LogP contribution in [0.15, 0.2) is 54.7 Å². The number of aromatic hydroxyl groups is 2. The van der Waals surface area contributed by atoms with Crippen molar-refractivity contribution in [1.82, 2.24) is 9.55 Å². The summed E-state index contributed by atoms with van der Waals surface area (Å²) in [6.07, 6.45) is 1.15. The molecule has 4 aromatic rings. The highest BCUT2D eigenvalue weighted by atomic mass is 35.5. The number of pyridine rings is 1. The molecule has 9 heteroatoms. The maximum atomic E-state index is 11.5. The molecule has 2 aliphatic rings. The monoisotopic (exact) mass is 503 g/mol. The lowest BCUT2D eigenvalue weighted by molar-refractivity contribution is -0.107. The minimum absolute atomic E-state index is 0.163. The van der Waals surface area contributed by atoms with Crippen LogP contribution in [0.1, 0.15) is 30.9 Å². The number of halogens is 1. The largest absolute Gasteiger partial charge is 0.494 e. The van der Waals surface area contributed by atoms with Gasteiger partial charge in [-0.3, -0.25) is 4.57 Å². The van der Waals surface area contributed by atoms with Crippen molar-refractivity contribution < 1.29 is 24.8 Å². The molecule has 1 saturated heterocycles. The first-order valence-electron chi connectivity index (χ1n) is 11.5. The van der Waals surface area contributed by atoms with Gasteiger partial charge in [0, 0.05) is 25.1 Å². The number of aromatic nitrogens is 2. The molecule has 4 heterocycles. The predicted molar refractivity (Wildman–Crippen MR) is 133 cm³/mol. The summed E-state index contributed by atoms with van der Waals surface area (Å²) >= 11 is 5.89. The van der Waals surface area contributed by atoms with E-state index in [0.717, 1.165) is 0 Å². The molecule has 0 aliphatic carbocycles. The zero-order chi connectivity index (χ0) is 25.2. The molecular formula is C27H22ClN3O5. The Morgan fingerprint density at radius 1 is 1.14 bits per heavy atom. The second-order valence-electron chi connectivity index (χ2n) is 9.33. The van der Waals surface area contributed by atoms with Crippen LogP contribution in [-0.2, 0) is 15.9 Å². The number of benzene rings is 2. The van der Waals surface area contributed by atoms with E-state index >= 15 is 0 Å². The quantitative estimate of drug-likeness (QED) is 0.319. The number of fused-ring (bicyclic) bond motifs is 6. The first-order chi connectivity index (χ1) is 17.3. The zero-order valence-electron chi connectivity index (χ0n) is 19.3. The number of nitrogens with zero attached hydrogens (tertiary/aromatic N) is 3. The summed E-state index contributed by atoms with van der Waals surface area (Å²) in [5, 5.41) is 35.8. The predicted octanol–water partition coefficient (Wildman–Crippen LogP) is 5.32. The van der Waals surface area contributed by atoms with Crippen LogP contribution in [0.25, 0.3) is 21.3 Å². The van der Waals surface area contributed by atoms with Crippen molar-refractivity contribution in [3.8, 4) is 23.3 Å². The van der Waals surface area contributed by atoms with Crippen LogP contribution in [0, 0.1) is 6.57 Å². The number of rotatable bonds is 5. The Kier molecular flexibility index (Phi) is 4.96. The van der Waals surface area contributed by atoms with Crippen LogP contribution in [-0.4, -0.2) is 37.6 Å².